The Labute approximate surface area is 170 Å². The van der Waals surface area contributed by atoms with Crippen molar-refractivity contribution in [2.24, 2.45) is 4.99 Å². The molecule has 0 radical (unpaired) electrons. The molecule has 0 aliphatic carbocycles. The van der Waals surface area contributed by atoms with Crippen LogP contribution in [-0.2, 0) is 13.0 Å². The Hall–Kier alpha value is -2.79. The van der Waals surface area contributed by atoms with Crippen LogP contribution in [0.3, 0.4) is 0 Å². The third-order valence-corrected chi connectivity index (χ3v) is 4.51. The van der Waals surface area contributed by atoms with Crippen molar-refractivity contribution < 1.29 is 4.74 Å². The van der Waals surface area contributed by atoms with E-state index in [1.807, 2.05) is 25.1 Å². The fourth-order valence-corrected chi connectivity index (χ4v) is 2.88. The molecule has 0 aliphatic rings. The molecule has 0 amide bonds. The van der Waals surface area contributed by atoms with Gasteiger partial charge in [-0.15, -0.1) is 0 Å². The Kier molecular flexibility index (Phi) is 6.71. The van der Waals surface area contributed by atoms with Crippen LogP contribution in [-0.4, -0.2) is 27.8 Å². The van der Waals surface area contributed by atoms with E-state index >= 15 is 0 Å². The maximum absolute atomic E-state index is 6.01. The van der Waals surface area contributed by atoms with Gasteiger partial charge in [0.25, 0.3) is 0 Å². The van der Waals surface area contributed by atoms with E-state index in [2.05, 4.69) is 58.1 Å². The first kappa shape index (κ1) is 20.0. The summed E-state index contributed by atoms with van der Waals surface area (Å²) in [7, 11) is 0. The van der Waals surface area contributed by atoms with E-state index in [9.17, 15) is 0 Å². The Balaban J connectivity index is 1.58. The van der Waals surface area contributed by atoms with E-state index in [0.29, 0.717) is 19.0 Å². The molecule has 5 nitrogen and oxygen atoms in total. The van der Waals surface area contributed by atoms with E-state index in [4.69, 9.17) is 16.3 Å². The number of hydrogen-bond donors (Lipinski definition) is 0. The minimum absolute atomic E-state index is 0.108. The third kappa shape index (κ3) is 5.86. The van der Waals surface area contributed by atoms with Gasteiger partial charge in [-0.1, -0.05) is 48.0 Å². The highest BCUT2D eigenvalue weighted by Gasteiger charge is 2.06. The summed E-state index contributed by atoms with van der Waals surface area (Å²) in [5.74, 6) is 0.477. The highest BCUT2D eigenvalue weighted by Crippen LogP contribution is 2.12. The fraction of sp³-hybridized carbons (Fsp3) is 0.273. The predicted molar refractivity (Wildman–Crippen MR) is 112 cm³/mol. The van der Waals surface area contributed by atoms with Crippen molar-refractivity contribution in [1.29, 1.82) is 0 Å². The van der Waals surface area contributed by atoms with Crippen LogP contribution < -0.4 is 4.74 Å². The van der Waals surface area contributed by atoms with Crippen LogP contribution in [0.2, 0.25) is 5.28 Å². The second-order valence-corrected chi connectivity index (χ2v) is 7.04. The van der Waals surface area contributed by atoms with Crippen LogP contribution in [0.15, 0.2) is 47.5 Å². The number of ether oxygens (including phenoxy) is 1. The molecule has 0 unspecified atom stereocenters. The Morgan fingerprint density at radius 1 is 1.00 bits per heavy atom. The van der Waals surface area contributed by atoms with E-state index in [-0.39, 0.29) is 11.3 Å². The molecule has 144 valence electrons. The smallest absolute Gasteiger partial charge is 0.321 e. The lowest BCUT2D eigenvalue weighted by Crippen LogP contribution is -2.07. The summed E-state index contributed by atoms with van der Waals surface area (Å²) in [6.45, 7) is 7.03. The molecule has 2 aromatic carbocycles. The minimum Gasteiger partial charge on any atom is -0.463 e. The number of halogens is 1. The lowest BCUT2D eigenvalue weighted by molar-refractivity contribution is 0.294. The lowest BCUT2D eigenvalue weighted by atomic mass is 10.0. The van der Waals surface area contributed by atoms with Gasteiger partial charge in [-0.3, -0.25) is 4.99 Å². The summed E-state index contributed by atoms with van der Waals surface area (Å²) in [6.07, 6.45) is 2.57. The number of benzene rings is 2. The number of aryl methyl sites for hydroxylation is 3. The minimum atomic E-state index is 0.108. The van der Waals surface area contributed by atoms with Crippen molar-refractivity contribution >= 4 is 17.8 Å². The number of aliphatic imine (C=N–C) groups is 1. The van der Waals surface area contributed by atoms with Gasteiger partial charge in [0.05, 0.1) is 13.2 Å². The average Bonchev–Trinajstić information content (AvgIpc) is 2.64. The first-order valence-electron chi connectivity index (χ1n) is 9.15. The number of hydrogen-bond acceptors (Lipinski definition) is 5. The first-order valence-corrected chi connectivity index (χ1v) is 9.53. The molecule has 0 atom stereocenters. The number of nitrogens with zero attached hydrogens (tertiary/aromatic N) is 4. The van der Waals surface area contributed by atoms with E-state index < -0.39 is 0 Å². The van der Waals surface area contributed by atoms with Crippen molar-refractivity contribution in [1.82, 2.24) is 15.0 Å². The zero-order valence-corrected chi connectivity index (χ0v) is 17.1. The Morgan fingerprint density at radius 2 is 1.86 bits per heavy atom. The van der Waals surface area contributed by atoms with Crippen LogP contribution in [0.4, 0.5) is 0 Å². The number of aromatic nitrogens is 3. The molecule has 3 rings (SSSR count). The highest BCUT2D eigenvalue weighted by molar-refractivity contribution is 6.28. The zero-order chi connectivity index (χ0) is 19.9. The van der Waals surface area contributed by atoms with Crippen LogP contribution in [0.25, 0.3) is 0 Å². The van der Waals surface area contributed by atoms with Crippen molar-refractivity contribution in [2.75, 3.05) is 6.61 Å². The van der Waals surface area contributed by atoms with Gasteiger partial charge in [-0.05, 0) is 54.6 Å². The summed E-state index contributed by atoms with van der Waals surface area (Å²) < 4.78 is 5.68. The average molecular weight is 395 g/mol. The van der Waals surface area contributed by atoms with Gasteiger partial charge in [-0.25, -0.2) is 4.98 Å². The van der Waals surface area contributed by atoms with Gasteiger partial charge in [0.15, 0.2) is 5.82 Å². The lowest BCUT2D eigenvalue weighted by Gasteiger charge is -2.07. The van der Waals surface area contributed by atoms with E-state index in [1.54, 1.807) is 6.21 Å². The molecule has 6 heteroatoms. The summed E-state index contributed by atoms with van der Waals surface area (Å²) in [4.78, 5) is 16.9. The molecular formula is C22H23ClN4O. The maximum atomic E-state index is 6.01. The molecular weight excluding hydrogens is 372 g/mol. The van der Waals surface area contributed by atoms with Crippen molar-refractivity contribution in [2.45, 2.75) is 33.7 Å². The Bertz CT molecular complexity index is 988. The van der Waals surface area contributed by atoms with Crippen LogP contribution in [0.1, 0.15) is 33.6 Å². The fourth-order valence-electron chi connectivity index (χ4n) is 2.71. The molecule has 0 saturated heterocycles. The van der Waals surface area contributed by atoms with Crippen LogP contribution >= 0.6 is 11.6 Å². The molecule has 1 heterocycles. The molecule has 0 fully saturated rings. The van der Waals surface area contributed by atoms with Gasteiger partial charge < -0.3 is 4.74 Å². The quantitative estimate of drug-likeness (QED) is 0.545. The summed E-state index contributed by atoms with van der Waals surface area (Å²) in [5, 5.41) is 0.108. The summed E-state index contributed by atoms with van der Waals surface area (Å²) in [6, 6.07) is 14.7. The van der Waals surface area contributed by atoms with Gasteiger partial charge in [0, 0.05) is 12.6 Å². The van der Waals surface area contributed by atoms with Crippen molar-refractivity contribution in [3.63, 3.8) is 0 Å². The molecule has 3 aromatic rings. The standard InChI is InChI=1S/C22H23ClN4O/c1-15-5-4-6-19(11-15)13-24-14-20-25-21(23)27-22(26-20)28-10-9-18-8-7-16(2)17(3)12-18/h4-8,11-13H,9-10,14H2,1-3H3. The second kappa shape index (κ2) is 9.42. The molecule has 0 aliphatic heterocycles. The molecule has 0 saturated carbocycles. The summed E-state index contributed by atoms with van der Waals surface area (Å²) in [5.41, 5.74) is 5.99. The Morgan fingerprint density at radius 3 is 2.64 bits per heavy atom. The molecule has 1 aromatic heterocycles. The van der Waals surface area contributed by atoms with Crippen LogP contribution in [0.5, 0.6) is 6.01 Å². The highest BCUT2D eigenvalue weighted by atomic mass is 35.5. The van der Waals surface area contributed by atoms with Crippen LogP contribution in [0, 0.1) is 20.8 Å². The van der Waals surface area contributed by atoms with Gasteiger partial charge >= 0.3 is 6.01 Å². The van der Waals surface area contributed by atoms with Gasteiger partial charge in [0.2, 0.25) is 5.28 Å². The SMILES string of the molecule is Cc1cccc(C=NCc2nc(Cl)nc(OCCc3ccc(C)c(C)c3)n2)c1. The number of rotatable bonds is 7. The maximum Gasteiger partial charge on any atom is 0.321 e. The normalized spacial score (nSPS) is 11.1. The molecule has 28 heavy (non-hydrogen) atoms. The third-order valence-electron chi connectivity index (χ3n) is 4.34. The largest absolute Gasteiger partial charge is 0.463 e. The molecule has 0 spiro atoms. The summed E-state index contributed by atoms with van der Waals surface area (Å²) >= 11 is 6.01. The topological polar surface area (TPSA) is 60.3 Å². The van der Waals surface area contributed by atoms with Gasteiger partial charge in [-0.2, -0.15) is 9.97 Å². The predicted octanol–water partition coefficient (Wildman–Crippen LogP) is 4.69. The first-order chi connectivity index (χ1) is 13.5. The van der Waals surface area contributed by atoms with Crippen molar-refractivity contribution in [3.8, 4) is 6.01 Å². The second-order valence-electron chi connectivity index (χ2n) is 6.70. The van der Waals surface area contributed by atoms with E-state index in [0.717, 1.165) is 12.0 Å². The molecule has 0 N–H and O–H groups in total. The van der Waals surface area contributed by atoms with Gasteiger partial charge in [0.1, 0.15) is 0 Å². The zero-order valence-electron chi connectivity index (χ0n) is 16.3. The van der Waals surface area contributed by atoms with E-state index in [1.165, 1.54) is 22.3 Å². The molecule has 0 bridgehead atoms. The van der Waals surface area contributed by atoms with Crippen molar-refractivity contribution in [3.05, 3.63) is 81.4 Å². The monoisotopic (exact) mass is 394 g/mol.